The summed E-state index contributed by atoms with van der Waals surface area (Å²) in [5, 5.41) is 0. The van der Waals surface area contributed by atoms with E-state index in [0.29, 0.717) is 6.04 Å². The Bertz CT molecular complexity index is 106. The molecular weight excluding hydrogens is 133 g/mol. The van der Waals surface area contributed by atoms with Gasteiger partial charge in [0.25, 0.3) is 0 Å². The summed E-state index contributed by atoms with van der Waals surface area (Å²) in [4.78, 5) is 0. The van der Waals surface area contributed by atoms with Crippen molar-refractivity contribution in [3.8, 4) is 0 Å². The first-order chi connectivity index (χ1) is 5.34. The van der Waals surface area contributed by atoms with Crippen LogP contribution in [0.4, 0.5) is 0 Å². The van der Waals surface area contributed by atoms with Gasteiger partial charge in [-0.1, -0.05) is 25.6 Å². The van der Waals surface area contributed by atoms with E-state index < -0.39 is 0 Å². The van der Waals surface area contributed by atoms with Gasteiger partial charge in [-0.2, -0.15) is 0 Å². The van der Waals surface area contributed by atoms with E-state index in [9.17, 15) is 0 Å². The van der Waals surface area contributed by atoms with Gasteiger partial charge < -0.3 is 5.73 Å². The summed E-state index contributed by atoms with van der Waals surface area (Å²) in [7, 11) is 2.26. The van der Waals surface area contributed by atoms with Crippen LogP contribution in [0, 0.1) is 5.92 Å². The van der Waals surface area contributed by atoms with Crippen LogP contribution in [-0.4, -0.2) is 13.9 Å². The number of rotatable bonds is 3. The van der Waals surface area contributed by atoms with Crippen molar-refractivity contribution in [2.24, 2.45) is 11.7 Å². The summed E-state index contributed by atoms with van der Waals surface area (Å²) in [6.07, 6.45) is 9.51. The van der Waals surface area contributed by atoms with E-state index in [-0.39, 0.29) is 0 Å². The zero-order valence-corrected chi connectivity index (χ0v) is 7.68. The van der Waals surface area contributed by atoms with Crippen molar-refractivity contribution in [1.82, 2.24) is 0 Å². The van der Waals surface area contributed by atoms with Gasteiger partial charge in [0.05, 0.1) is 0 Å². The molecule has 1 saturated carbocycles. The molecule has 1 aliphatic carbocycles. The highest BCUT2D eigenvalue weighted by molar-refractivity contribution is 6.08. The molecule has 0 spiro atoms. The molecule has 2 heteroatoms. The normalized spacial score (nSPS) is 32.1. The zero-order valence-electron chi connectivity index (χ0n) is 7.68. The highest BCUT2D eigenvalue weighted by Gasteiger charge is 2.20. The van der Waals surface area contributed by atoms with Crippen molar-refractivity contribution in [2.75, 3.05) is 0 Å². The summed E-state index contributed by atoms with van der Waals surface area (Å²) in [6.45, 7) is 0. The smallest absolute Gasteiger partial charge is 0.101 e. The molecule has 0 aromatic carbocycles. The average molecular weight is 153 g/mol. The fraction of sp³-hybridized carbons (Fsp3) is 1.00. The second-order valence-electron chi connectivity index (χ2n) is 3.85. The van der Waals surface area contributed by atoms with E-state index in [1.807, 2.05) is 0 Å². The molecule has 1 aliphatic rings. The average Bonchev–Trinajstić information content (AvgIpc) is 2.03. The van der Waals surface area contributed by atoms with Crippen LogP contribution in [0.1, 0.15) is 38.5 Å². The monoisotopic (exact) mass is 153 g/mol. The Balaban J connectivity index is 2.18. The Kier molecular flexibility index (Phi) is 3.99. The molecule has 0 radical (unpaired) electrons. The first-order valence-corrected chi connectivity index (χ1v) is 5.10. The van der Waals surface area contributed by atoms with Gasteiger partial charge in [-0.15, -0.1) is 0 Å². The largest absolute Gasteiger partial charge is 0.327 e. The Morgan fingerprint density at radius 1 is 1.27 bits per heavy atom. The maximum Gasteiger partial charge on any atom is 0.101 e. The third kappa shape index (κ3) is 2.86. The third-order valence-electron chi connectivity index (χ3n) is 2.90. The van der Waals surface area contributed by atoms with Gasteiger partial charge in [0.15, 0.2) is 0 Å². The minimum atomic E-state index is 0.523. The van der Waals surface area contributed by atoms with E-state index in [1.165, 1.54) is 44.8 Å². The lowest BCUT2D eigenvalue weighted by atomic mass is 9.81. The van der Waals surface area contributed by atoms with Crippen molar-refractivity contribution < 1.29 is 0 Å². The second kappa shape index (κ2) is 4.81. The molecule has 1 rings (SSSR count). The molecule has 2 atom stereocenters. The molecule has 0 aromatic heterocycles. The first-order valence-electron chi connectivity index (χ1n) is 5.10. The van der Waals surface area contributed by atoms with E-state index in [1.54, 1.807) is 0 Å². The lowest BCUT2D eigenvalue weighted by Crippen LogP contribution is -2.32. The maximum atomic E-state index is 6.02. The predicted molar refractivity (Wildman–Crippen MR) is 52.5 cm³/mol. The van der Waals surface area contributed by atoms with E-state index in [2.05, 4.69) is 7.85 Å². The lowest BCUT2D eigenvalue weighted by Gasteiger charge is -2.28. The molecule has 11 heavy (non-hydrogen) atoms. The van der Waals surface area contributed by atoms with E-state index >= 15 is 0 Å². The van der Waals surface area contributed by atoms with Crippen LogP contribution in [0.3, 0.4) is 0 Å². The molecule has 1 nitrogen and oxygen atoms in total. The topological polar surface area (TPSA) is 26.0 Å². The van der Waals surface area contributed by atoms with Crippen LogP contribution < -0.4 is 5.73 Å². The molecule has 0 bridgehead atoms. The van der Waals surface area contributed by atoms with Gasteiger partial charge in [-0.25, -0.2) is 0 Å². The van der Waals surface area contributed by atoms with Crippen molar-refractivity contribution in [2.45, 2.75) is 50.9 Å². The lowest BCUT2D eigenvalue weighted by molar-refractivity contribution is 0.290. The van der Waals surface area contributed by atoms with Crippen LogP contribution in [0.2, 0.25) is 6.32 Å². The Morgan fingerprint density at radius 3 is 2.64 bits per heavy atom. The van der Waals surface area contributed by atoms with Gasteiger partial charge in [-0.3, -0.25) is 0 Å². The number of nitrogens with two attached hydrogens (primary N) is 1. The maximum absolute atomic E-state index is 6.02. The molecular formula is C9H20BN. The highest BCUT2D eigenvalue weighted by Crippen LogP contribution is 2.26. The Labute approximate surface area is 71.1 Å². The van der Waals surface area contributed by atoms with Crippen molar-refractivity contribution in [3.63, 3.8) is 0 Å². The molecule has 2 unspecified atom stereocenters. The minimum Gasteiger partial charge on any atom is -0.327 e. The summed E-state index contributed by atoms with van der Waals surface area (Å²) in [5.74, 6) is 0.851. The molecule has 0 aliphatic heterocycles. The Hall–Kier alpha value is 0.0249. The molecule has 1 fully saturated rings. The molecule has 64 valence electrons. The quantitative estimate of drug-likeness (QED) is 0.608. The summed E-state index contributed by atoms with van der Waals surface area (Å²) < 4.78 is 0. The molecule has 0 amide bonds. The molecule has 0 aromatic rings. The first kappa shape index (κ1) is 9.12. The molecule has 0 saturated heterocycles. The fourth-order valence-corrected chi connectivity index (χ4v) is 2.06. The van der Waals surface area contributed by atoms with Crippen LogP contribution >= 0.6 is 0 Å². The summed E-state index contributed by atoms with van der Waals surface area (Å²) in [6, 6.07) is 0.523. The third-order valence-corrected chi connectivity index (χ3v) is 2.90. The van der Waals surface area contributed by atoms with Crippen LogP contribution in [0.15, 0.2) is 0 Å². The SMILES string of the molecule is BCCCC1CCCCC1N. The van der Waals surface area contributed by atoms with Crippen molar-refractivity contribution >= 4 is 7.85 Å². The Morgan fingerprint density at radius 2 is 2.00 bits per heavy atom. The van der Waals surface area contributed by atoms with Crippen LogP contribution in [0.5, 0.6) is 0 Å². The highest BCUT2D eigenvalue weighted by atomic mass is 14.7. The predicted octanol–water partition coefficient (Wildman–Crippen LogP) is 1.34. The van der Waals surface area contributed by atoms with Gasteiger partial charge in [0, 0.05) is 6.04 Å². The number of hydrogen-bond acceptors (Lipinski definition) is 1. The van der Waals surface area contributed by atoms with Crippen LogP contribution in [0.25, 0.3) is 0 Å². The zero-order chi connectivity index (χ0) is 8.10. The van der Waals surface area contributed by atoms with Crippen molar-refractivity contribution in [1.29, 1.82) is 0 Å². The fourth-order valence-electron chi connectivity index (χ4n) is 2.06. The van der Waals surface area contributed by atoms with Gasteiger partial charge in [0.2, 0.25) is 0 Å². The van der Waals surface area contributed by atoms with Gasteiger partial charge in [-0.05, 0) is 25.2 Å². The standard InChI is InChI=1S/C9H20BN/c10-7-3-5-8-4-1-2-6-9(8)11/h8-9H,1-7,10-11H2. The van der Waals surface area contributed by atoms with E-state index in [0.717, 1.165) is 5.92 Å². The molecule has 0 heterocycles. The molecule has 2 N–H and O–H groups in total. The minimum absolute atomic E-state index is 0.523. The van der Waals surface area contributed by atoms with Crippen molar-refractivity contribution in [3.05, 3.63) is 0 Å². The summed E-state index contributed by atoms with van der Waals surface area (Å²) in [5.41, 5.74) is 6.02. The summed E-state index contributed by atoms with van der Waals surface area (Å²) >= 11 is 0. The van der Waals surface area contributed by atoms with Gasteiger partial charge in [0.1, 0.15) is 7.85 Å². The second-order valence-corrected chi connectivity index (χ2v) is 3.85. The van der Waals surface area contributed by atoms with Gasteiger partial charge >= 0.3 is 0 Å². The number of hydrogen-bond donors (Lipinski definition) is 1. The van der Waals surface area contributed by atoms with Crippen LogP contribution in [-0.2, 0) is 0 Å². The van der Waals surface area contributed by atoms with E-state index in [4.69, 9.17) is 5.73 Å².